The van der Waals surface area contributed by atoms with Gasteiger partial charge in [0.15, 0.2) is 0 Å². The topological polar surface area (TPSA) is 21.3 Å². The first-order valence-electron chi connectivity index (χ1n) is 8.27. The zero-order valence-electron chi connectivity index (χ0n) is 13.2. The van der Waals surface area contributed by atoms with Crippen LogP contribution in [-0.4, -0.2) is 24.3 Å². The second-order valence-electron chi connectivity index (χ2n) is 8.31. The third-order valence-corrected chi connectivity index (χ3v) is 6.26. The molecule has 0 aromatic heterocycles. The molecule has 1 saturated carbocycles. The van der Waals surface area contributed by atoms with Gasteiger partial charge in [0.25, 0.3) is 0 Å². The van der Waals surface area contributed by atoms with E-state index < -0.39 is 0 Å². The van der Waals surface area contributed by atoms with E-state index in [2.05, 4.69) is 33.0 Å². The molecule has 19 heavy (non-hydrogen) atoms. The Morgan fingerprint density at radius 2 is 1.74 bits per heavy atom. The summed E-state index contributed by atoms with van der Waals surface area (Å²) in [6.45, 7) is 11.7. The number of piperidine rings is 1. The first-order chi connectivity index (χ1) is 8.86. The van der Waals surface area contributed by atoms with Crippen molar-refractivity contribution in [2.75, 3.05) is 13.1 Å². The molecular weight excluding hydrogens is 234 g/mol. The third-order valence-electron chi connectivity index (χ3n) is 6.26. The van der Waals surface area contributed by atoms with E-state index in [0.717, 1.165) is 11.8 Å². The highest BCUT2D eigenvalue weighted by atomic mass is 16.5. The van der Waals surface area contributed by atoms with Crippen molar-refractivity contribution in [1.29, 1.82) is 0 Å². The number of hydrogen-bond donors (Lipinski definition) is 1. The molecule has 2 saturated heterocycles. The molecule has 110 valence electrons. The van der Waals surface area contributed by atoms with E-state index in [0.29, 0.717) is 5.41 Å². The Morgan fingerprint density at radius 1 is 1.05 bits per heavy atom. The Morgan fingerprint density at radius 3 is 2.32 bits per heavy atom. The SMILES string of the molecule is CC1(C)CC2(CCNCC2C2CCCC2)C(C)(C)O1. The summed E-state index contributed by atoms with van der Waals surface area (Å²) in [5.41, 5.74) is 0.486. The summed E-state index contributed by atoms with van der Waals surface area (Å²) in [6.07, 6.45) is 8.33. The second kappa shape index (κ2) is 4.46. The molecule has 0 amide bonds. The van der Waals surface area contributed by atoms with E-state index in [9.17, 15) is 0 Å². The Kier molecular flexibility index (Phi) is 3.26. The van der Waals surface area contributed by atoms with Crippen LogP contribution in [0.15, 0.2) is 0 Å². The molecular formula is C17H31NO. The van der Waals surface area contributed by atoms with Crippen molar-refractivity contribution < 1.29 is 4.74 Å². The summed E-state index contributed by atoms with van der Waals surface area (Å²) in [4.78, 5) is 0. The van der Waals surface area contributed by atoms with Crippen LogP contribution in [0, 0.1) is 17.3 Å². The van der Waals surface area contributed by atoms with Crippen LogP contribution in [0.3, 0.4) is 0 Å². The third kappa shape index (κ3) is 2.15. The minimum absolute atomic E-state index is 0.0336. The minimum Gasteiger partial charge on any atom is -0.369 e. The fourth-order valence-corrected chi connectivity index (χ4v) is 5.70. The predicted octanol–water partition coefficient (Wildman–Crippen LogP) is 3.75. The van der Waals surface area contributed by atoms with E-state index in [4.69, 9.17) is 4.74 Å². The Balaban J connectivity index is 1.94. The zero-order chi connectivity index (χ0) is 13.7. The molecule has 2 atom stereocenters. The molecule has 1 N–H and O–H groups in total. The van der Waals surface area contributed by atoms with Gasteiger partial charge >= 0.3 is 0 Å². The normalized spacial score (nSPS) is 42.0. The number of nitrogens with one attached hydrogen (secondary N) is 1. The first-order valence-corrected chi connectivity index (χ1v) is 8.27. The molecule has 0 aromatic rings. The zero-order valence-corrected chi connectivity index (χ0v) is 13.2. The van der Waals surface area contributed by atoms with Crippen molar-refractivity contribution in [1.82, 2.24) is 5.32 Å². The standard InChI is InChI=1S/C17H31NO/c1-15(2)12-17(16(3,4)19-15)9-10-18-11-14(17)13-7-5-6-8-13/h13-14,18H,5-12H2,1-4H3. The van der Waals surface area contributed by atoms with E-state index >= 15 is 0 Å². The van der Waals surface area contributed by atoms with Crippen molar-refractivity contribution in [2.24, 2.45) is 17.3 Å². The van der Waals surface area contributed by atoms with Crippen LogP contribution in [-0.2, 0) is 4.74 Å². The highest BCUT2D eigenvalue weighted by molar-refractivity contribution is 5.11. The summed E-state index contributed by atoms with van der Waals surface area (Å²) in [5.74, 6) is 1.75. The van der Waals surface area contributed by atoms with Crippen molar-refractivity contribution in [3.05, 3.63) is 0 Å². The molecule has 3 rings (SSSR count). The molecule has 2 heterocycles. The predicted molar refractivity (Wildman–Crippen MR) is 79.2 cm³/mol. The minimum atomic E-state index is 0.0336. The van der Waals surface area contributed by atoms with E-state index in [-0.39, 0.29) is 11.2 Å². The highest BCUT2D eigenvalue weighted by Crippen LogP contribution is 2.60. The average Bonchev–Trinajstić information content (AvgIpc) is 2.85. The molecule has 0 aromatic carbocycles. The maximum Gasteiger partial charge on any atom is 0.0694 e. The van der Waals surface area contributed by atoms with Gasteiger partial charge in [-0.1, -0.05) is 25.7 Å². The van der Waals surface area contributed by atoms with Crippen LogP contribution in [0.2, 0.25) is 0 Å². The van der Waals surface area contributed by atoms with E-state index in [1.54, 1.807) is 0 Å². The van der Waals surface area contributed by atoms with Gasteiger partial charge < -0.3 is 10.1 Å². The van der Waals surface area contributed by atoms with Crippen LogP contribution in [0.1, 0.15) is 66.2 Å². The van der Waals surface area contributed by atoms with Crippen LogP contribution in [0.4, 0.5) is 0 Å². The van der Waals surface area contributed by atoms with E-state index in [1.165, 1.54) is 51.6 Å². The lowest BCUT2D eigenvalue weighted by Gasteiger charge is -2.51. The monoisotopic (exact) mass is 265 g/mol. The quantitative estimate of drug-likeness (QED) is 0.779. The maximum absolute atomic E-state index is 6.49. The molecule has 3 fully saturated rings. The van der Waals surface area contributed by atoms with Crippen molar-refractivity contribution >= 4 is 0 Å². The van der Waals surface area contributed by atoms with E-state index in [1.807, 2.05) is 0 Å². The van der Waals surface area contributed by atoms with Gasteiger partial charge in [-0.25, -0.2) is 0 Å². The smallest absolute Gasteiger partial charge is 0.0694 e. The van der Waals surface area contributed by atoms with Gasteiger partial charge in [0.2, 0.25) is 0 Å². The van der Waals surface area contributed by atoms with Crippen molar-refractivity contribution in [3.63, 3.8) is 0 Å². The summed E-state index contributed by atoms with van der Waals surface area (Å²) >= 11 is 0. The summed E-state index contributed by atoms with van der Waals surface area (Å²) in [5, 5.41) is 3.67. The molecule has 2 aliphatic heterocycles. The fourth-order valence-electron chi connectivity index (χ4n) is 5.70. The Hall–Kier alpha value is -0.0800. The van der Waals surface area contributed by atoms with Gasteiger partial charge in [-0.2, -0.15) is 0 Å². The average molecular weight is 265 g/mol. The lowest BCUT2D eigenvalue weighted by atomic mass is 9.56. The molecule has 1 aliphatic carbocycles. The van der Waals surface area contributed by atoms with Crippen LogP contribution in [0.5, 0.6) is 0 Å². The maximum atomic E-state index is 6.49. The molecule has 2 nitrogen and oxygen atoms in total. The van der Waals surface area contributed by atoms with Crippen LogP contribution >= 0.6 is 0 Å². The lowest BCUT2D eigenvalue weighted by molar-refractivity contribution is -0.119. The lowest BCUT2D eigenvalue weighted by Crippen LogP contribution is -2.55. The summed E-state index contributed by atoms with van der Waals surface area (Å²) in [7, 11) is 0. The number of rotatable bonds is 1. The Bertz CT molecular complexity index is 343. The highest BCUT2D eigenvalue weighted by Gasteiger charge is 2.61. The molecule has 3 aliphatic rings. The molecule has 2 heteroatoms. The largest absolute Gasteiger partial charge is 0.369 e. The molecule has 1 spiro atoms. The molecule has 0 radical (unpaired) electrons. The first kappa shape index (κ1) is 13.9. The fraction of sp³-hybridized carbons (Fsp3) is 1.00. The van der Waals surface area contributed by atoms with Gasteiger partial charge in [-0.15, -0.1) is 0 Å². The van der Waals surface area contributed by atoms with Gasteiger partial charge in [-0.3, -0.25) is 0 Å². The van der Waals surface area contributed by atoms with Gasteiger partial charge in [0.1, 0.15) is 0 Å². The molecule has 0 bridgehead atoms. The van der Waals surface area contributed by atoms with Crippen LogP contribution < -0.4 is 5.32 Å². The van der Waals surface area contributed by atoms with Crippen molar-refractivity contribution in [3.8, 4) is 0 Å². The second-order valence-corrected chi connectivity index (χ2v) is 8.31. The molecule has 2 unspecified atom stereocenters. The van der Waals surface area contributed by atoms with Crippen LogP contribution in [0.25, 0.3) is 0 Å². The van der Waals surface area contributed by atoms with Gasteiger partial charge in [0.05, 0.1) is 11.2 Å². The number of hydrogen-bond acceptors (Lipinski definition) is 2. The van der Waals surface area contributed by atoms with Gasteiger partial charge in [-0.05, 0) is 65.5 Å². The number of ether oxygens (including phenoxy) is 1. The summed E-state index contributed by atoms with van der Waals surface area (Å²) in [6, 6.07) is 0. The Labute approximate surface area is 118 Å². The van der Waals surface area contributed by atoms with Crippen molar-refractivity contribution in [2.45, 2.75) is 77.4 Å². The van der Waals surface area contributed by atoms with Gasteiger partial charge in [0, 0.05) is 5.41 Å². The summed E-state index contributed by atoms with van der Waals surface area (Å²) < 4.78 is 6.49.